The smallest absolute Gasteiger partial charge is 0.338 e. The second-order valence-corrected chi connectivity index (χ2v) is 8.67. The van der Waals surface area contributed by atoms with Crippen LogP contribution >= 0.6 is 11.6 Å². The molecule has 0 aromatic heterocycles. The Morgan fingerprint density at radius 3 is 2.33 bits per heavy atom. The lowest BCUT2D eigenvalue weighted by atomic mass is 10.1. The first-order chi connectivity index (χ1) is 18.8. The summed E-state index contributed by atoms with van der Waals surface area (Å²) in [7, 11) is 0. The van der Waals surface area contributed by atoms with Crippen LogP contribution in [0.15, 0.2) is 72.3 Å². The number of nitrogens with zero attached hydrogens (tertiary/aromatic N) is 1. The molecule has 0 spiro atoms. The number of nitrogens with one attached hydrogen (secondary N) is 1. The summed E-state index contributed by atoms with van der Waals surface area (Å²) in [6.07, 6.45) is 1.32. The Bertz CT molecular complexity index is 1440. The van der Waals surface area contributed by atoms with E-state index in [1.165, 1.54) is 36.4 Å². The van der Waals surface area contributed by atoms with E-state index in [0.717, 1.165) is 10.5 Å². The Kier molecular flexibility index (Phi) is 8.63. The van der Waals surface area contributed by atoms with Crippen molar-refractivity contribution in [3.8, 4) is 11.5 Å². The standard InChI is InChI=1S/C29H25ClN2O7/c1-3-37-24-16-19(15-23(30)25(24)39-17-18-8-6-5-7-9-18)14-22-26(33)31-29(36)32(27(22)34)21-12-10-20(11-13-21)28(35)38-4-2/h5-16H,3-4,17H2,1-2H3,(H,31,33,36)/b22-14+. The third kappa shape index (κ3) is 6.27. The number of barbiturate groups is 1. The zero-order chi connectivity index (χ0) is 27.9. The van der Waals surface area contributed by atoms with Gasteiger partial charge in [0.05, 0.1) is 29.5 Å². The highest BCUT2D eigenvalue weighted by Gasteiger charge is 2.37. The molecule has 10 heteroatoms. The quantitative estimate of drug-likeness (QED) is 0.223. The normalized spacial score (nSPS) is 14.3. The number of anilines is 1. The van der Waals surface area contributed by atoms with E-state index in [1.807, 2.05) is 30.3 Å². The van der Waals surface area contributed by atoms with E-state index in [1.54, 1.807) is 19.9 Å². The molecule has 1 N–H and O–H groups in total. The molecule has 0 aliphatic carbocycles. The van der Waals surface area contributed by atoms with Crippen molar-refractivity contribution in [3.63, 3.8) is 0 Å². The van der Waals surface area contributed by atoms with Gasteiger partial charge in [-0.2, -0.15) is 0 Å². The summed E-state index contributed by atoms with van der Waals surface area (Å²) in [5.74, 6) is -1.58. The van der Waals surface area contributed by atoms with E-state index in [2.05, 4.69) is 5.32 Å². The van der Waals surface area contributed by atoms with Crippen LogP contribution in [-0.2, 0) is 20.9 Å². The van der Waals surface area contributed by atoms with Crippen LogP contribution in [0.2, 0.25) is 5.02 Å². The number of rotatable bonds is 9. The van der Waals surface area contributed by atoms with Crippen LogP contribution in [0.5, 0.6) is 11.5 Å². The summed E-state index contributed by atoms with van der Waals surface area (Å²) in [5, 5.41) is 2.39. The highest BCUT2D eigenvalue weighted by atomic mass is 35.5. The Labute approximate surface area is 229 Å². The molecule has 4 amide bonds. The average molecular weight is 549 g/mol. The number of urea groups is 1. The molecular weight excluding hydrogens is 524 g/mol. The number of esters is 1. The number of carbonyl (C=O) groups is 4. The largest absolute Gasteiger partial charge is 0.490 e. The molecule has 1 saturated heterocycles. The molecule has 0 saturated carbocycles. The van der Waals surface area contributed by atoms with Crippen molar-refractivity contribution in [2.45, 2.75) is 20.5 Å². The second-order valence-electron chi connectivity index (χ2n) is 8.26. The summed E-state index contributed by atoms with van der Waals surface area (Å²) in [6.45, 7) is 4.27. The molecule has 0 atom stereocenters. The van der Waals surface area contributed by atoms with Gasteiger partial charge >= 0.3 is 12.0 Å². The van der Waals surface area contributed by atoms with E-state index in [-0.39, 0.29) is 35.1 Å². The first kappa shape index (κ1) is 27.4. The predicted molar refractivity (Wildman–Crippen MR) is 145 cm³/mol. The molecule has 3 aromatic rings. The molecule has 3 aromatic carbocycles. The van der Waals surface area contributed by atoms with Gasteiger partial charge < -0.3 is 14.2 Å². The van der Waals surface area contributed by atoms with Gasteiger partial charge in [-0.25, -0.2) is 14.5 Å². The van der Waals surface area contributed by atoms with Crippen molar-refractivity contribution < 1.29 is 33.4 Å². The van der Waals surface area contributed by atoms with E-state index in [9.17, 15) is 19.2 Å². The van der Waals surface area contributed by atoms with Crippen molar-refractivity contribution in [3.05, 3.63) is 94.0 Å². The van der Waals surface area contributed by atoms with Crippen LogP contribution in [0.25, 0.3) is 6.08 Å². The molecule has 0 radical (unpaired) electrons. The summed E-state index contributed by atoms with van der Waals surface area (Å²) in [6, 6.07) is 17.4. The minimum absolute atomic E-state index is 0.168. The van der Waals surface area contributed by atoms with E-state index >= 15 is 0 Å². The Balaban J connectivity index is 1.63. The summed E-state index contributed by atoms with van der Waals surface area (Å²) < 4.78 is 16.6. The number of carbonyl (C=O) groups excluding carboxylic acids is 4. The van der Waals surface area contributed by atoms with Crippen LogP contribution in [0.3, 0.4) is 0 Å². The van der Waals surface area contributed by atoms with Gasteiger partial charge in [-0.1, -0.05) is 41.9 Å². The number of ether oxygens (including phenoxy) is 3. The molecule has 9 nitrogen and oxygen atoms in total. The minimum atomic E-state index is -0.913. The molecule has 1 aliphatic heterocycles. The lowest BCUT2D eigenvalue weighted by Crippen LogP contribution is -2.54. The molecule has 200 valence electrons. The van der Waals surface area contributed by atoms with Crippen LogP contribution in [0.1, 0.15) is 35.3 Å². The number of benzene rings is 3. The topological polar surface area (TPSA) is 111 Å². The van der Waals surface area contributed by atoms with E-state index < -0.39 is 23.8 Å². The zero-order valence-electron chi connectivity index (χ0n) is 21.2. The van der Waals surface area contributed by atoms with Crippen molar-refractivity contribution in [1.29, 1.82) is 0 Å². The van der Waals surface area contributed by atoms with E-state index in [4.69, 9.17) is 25.8 Å². The number of hydrogen-bond donors (Lipinski definition) is 1. The first-order valence-corrected chi connectivity index (χ1v) is 12.5. The third-order valence-electron chi connectivity index (χ3n) is 5.61. The van der Waals surface area contributed by atoms with Crippen molar-refractivity contribution in [1.82, 2.24) is 5.32 Å². The maximum absolute atomic E-state index is 13.3. The molecule has 1 aliphatic rings. The fraction of sp³-hybridized carbons (Fsp3) is 0.172. The summed E-state index contributed by atoms with van der Waals surface area (Å²) >= 11 is 6.52. The molecule has 1 heterocycles. The van der Waals surface area contributed by atoms with Gasteiger partial charge in [-0.15, -0.1) is 0 Å². The fourth-order valence-electron chi connectivity index (χ4n) is 3.82. The van der Waals surface area contributed by atoms with Crippen molar-refractivity contribution in [2.75, 3.05) is 18.1 Å². The fourth-order valence-corrected chi connectivity index (χ4v) is 4.10. The summed E-state index contributed by atoms with van der Waals surface area (Å²) in [5.41, 5.74) is 1.46. The molecule has 0 unspecified atom stereocenters. The van der Waals surface area contributed by atoms with Gasteiger partial charge in [-0.3, -0.25) is 14.9 Å². The van der Waals surface area contributed by atoms with Crippen LogP contribution in [0.4, 0.5) is 10.5 Å². The minimum Gasteiger partial charge on any atom is -0.490 e. The molecule has 4 rings (SSSR count). The monoisotopic (exact) mass is 548 g/mol. The van der Waals surface area contributed by atoms with Crippen molar-refractivity contribution >= 4 is 47.2 Å². The second kappa shape index (κ2) is 12.3. The van der Waals surface area contributed by atoms with Gasteiger partial charge in [-0.05, 0) is 67.4 Å². The number of hydrogen-bond acceptors (Lipinski definition) is 7. The number of imide groups is 2. The Morgan fingerprint density at radius 2 is 1.67 bits per heavy atom. The number of amides is 4. The van der Waals surface area contributed by atoms with Crippen LogP contribution < -0.4 is 19.7 Å². The van der Waals surface area contributed by atoms with Gasteiger partial charge in [0.1, 0.15) is 12.2 Å². The Hall–Kier alpha value is -4.63. The van der Waals surface area contributed by atoms with Gasteiger partial charge in [0.15, 0.2) is 11.5 Å². The Morgan fingerprint density at radius 1 is 0.949 bits per heavy atom. The maximum atomic E-state index is 13.3. The SMILES string of the molecule is CCOC(=O)c1ccc(N2C(=O)NC(=O)/C(=C\c3cc(Cl)c(OCc4ccccc4)c(OCC)c3)C2=O)cc1. The lowest BCUT2D eigenvalue weighted by molar-refractivity contribution is -0.122. The number of halogens is 1. The molecule has 1 fully saturated rings. The zero-order valence-corrected chi connectivity index (χ0v) is 22.0. The maximum Gasteiger partial charge on any atom is 0.338 e. The highest BCUT2D eigenvalue weighted by Crippen LogP contribution is 2.38. The van der Waals surface area contributed by atoms with Crippen LogP contribution in [0, 0.1) is 0 Å². The van der Waals surface area contributed by atoms with Crippen LogP contribution in [-0.4, -0.2) is 37.0 Å². The summed E-state index contributed by atoms with van der Waals surface area (Å²) in [4.78, 5) is 51.2. The lowest BCUT2D eigenvalue weighted by Gasteiger charge is -2.26. The molecule has 39 heavy (non-hydrogen) atoms. The van der Waals surface area contributed by atoms with Gasteiger partial charge in [0.25, 0.3) is 11.8 Å². The third-order valence-corrected chi connectivity index (χ3v) is 5.89. The average Bonchev–Trinajstić information content (AvgIpc) is 2.92. The van der Waals surface area contributed by atoms with Gasteiger partial charge in [0.2, 0.25) is 0 Å². The van der Waals surface area contributed by atoms with Gasteiger partial charge in [0, 0.05) is 0 Å². The molecule has 0 bridgehead atoms. The molecular formula is C29H25ClN2O7. The highest BCUT2D eigenvalue weighted by molar-refractivity contribution is 6.39. The predicted octanol–water partition coefficient (Wildman–Crippen LogP) is 5.16. The van der Waals surface area contributed by atoms with Crippen molar-refractivity contribution in [2.24, 2.45) is 0 Å². The van der Waals surface area contributed by atoms with E-state index in [0.29, 0.717) is 23.7 Å². The first-order valence-electron chi connectivity index (χ1n) is 12.1.